The molecule has 2 aromatic rings. The third-order valence-corrected chi connectivity index (χ3v) is 8.32. The minimum Gasteiger partial charge on any atom is -0.490 e. The van der Waals surface area contributed by atoms with Crippen LogP contribution in [-0.4, -0.2) is 6.61 Å². The zero-order valence-corrected chi connectivity index (χ0v) is 21.5. The van der Waals surface area contributed by atoms with E-state index in [4.69, 9.17) is 4.74 Å². The van der Waals surface area contributed by atoms with Crippen molar-refractivity contribution in [2.24, 2.45) is 23.7 Å². The molecule has 0 heterocycles. The molecule has 0 spiro atoms. The Balaban J connectivity index is 1.40. The number of hydrogen-bond acceptors (Lipinski definition) is 1. The Kier molecular flexibility index (Phi) is 9.14. The average molecular weight is 503 g/mol. The van der Waals surface area contributed by atoms with Crippen LogP contribution in [0.1, 0.15) is 77.2 Å². The highest BCUT2D eigenvalue weighted by Gasteiger charge is 2.35. The predicted octanol–water partition coefficient (Wildman–Crippen LogP) is 9.43. The Morgan fingerprint density at radius 2 is 1.44 bits per heavy atom. The van der Waals surface area contributed by atoms with Crippen molar-refractivity contribution < 1.29 is 22.3 Å². The fourth-order valence-electron chi connectivity index (χ4n) is 6.36. The molecule has 2 saturated carbocycles. The Bertz CT molecular complexity index is 1060. The molecule has 2 aliphatic rings. The molecule has 0 saturated heterocycles. The molecule has 0 aromatic heterocycles. The van der Waals surface area contributed by atoms with Crippen molar-refractivity contribution in [2.75, 3.05) is 6.61 Å². The fraction of sp³-hybridized carbons (Fsp3) is 0.548. The van der Waals surface area contributed by atoms with Gasteiger partial charge in [-0.05, 0) is 93.2 Å². The van der Waals surface area contributed by atoms with Crippen molar-refractivity contribution in [2.45, 2.75) is 78.1 Å². The van der Waals surface area contributed by atoms with Gasteiger partial charge in [0, 0.05) is 11.1 Å². The van der Waals surface area contributed by atoms with E-state index in [1.54, 1.807) is 0 Å². The summed E-state index contributed by atoms with van der Waals surface area (Å²) in [5.74, 6) is -2.02. The second-order valence-corrected chi connectivity index (χ2v) is 10.7. The first-order valence-electron chi connectivity index (χ1n) is 13.6. The van der Waals surface area contributed by atoms with Gasteiger partial charge in [-0.25, -0.2) is 13.2 Å². The molecule has 1 nitrogen and oxygen atoms in total. The van der Waals surface area contributed by atoms with Crippen LogP contribution in [0.15, 0.2) is 36.4 Å². The van der Waals surface area contributed by atoms with Crippen molar-refractivity contribution in [3.8, 4) is 16.9 Å². The summed E-state index contributed by atoms with van der Waals surface area (Å²) < 4.78 is 64.8. The average Bonchev–Trinajstić information content (AvgIpc) is 2.88. The predicted molar refractivity (Wildman–Crippen MR) is 137 cm³/mol. The summed E-state index contributed by atoms with van der Waals surface area (Å²) in [6, 6.07) is 5.35. The lowest BCUT2D eigenvalue weighted by Crippen LogP contribution is -2.33. The van der Waals surface area contributed by atoms with Crippen molar-refractivity contribution in [3.63, 3.8) is 0 Å². The fourth-order valence-corrected chi connectivity index (χ4v) is 6.36. The van der Waals surface area contributed by atoms with Crippen LogP contribution >= 0.6 is 0 Å². The summed E-state index contributed by atoms with van der Waals surface area (Å²) in [6.07, 6.45) is 14.4. The Morgan fingerprint density at radius 1 is 0.806 bits per heavy atom. The number of allylic oxidation sites excluding steroid dienone is 2. The van der Waals surface area contributed by atoms with Crippen LogP contribution in [0.2, 0.25) is 0 Å². The first-order valence-corrected chi connectivity index (χ1v) is 13.6. The van der Waals surface area contributed by atoms with E-state index in [9.17, 15) is 17.6 Å². The van der Waals surface area contributed by atoms with E-state index in [1.807, 2.05) is 19.1 Å². The Morgan fingerprint density at radius 3 is 2.14 bits per heavy atom. The van der Waals surface area contributed by atoms with Crippen molar-refractivity contribution in [1.82, 2.24) is 0 Å². The van der Waals surface area contributed by atoms with Gasteiger partial charge in [0.2, 0.25) is 5.82 Å². The molecule has 0 radical (unpaired) electrons. The summed E-state index contributed by atoms with van der Waals surface area (Å²) in [6.45, 7) is 4.46. The molecule has 2 aromatic carbocycles. The van der Waals surface area contributed by atoms with Gasteiger partial charge in [-0.15, -0.1) is 0 Å². The minimum absolute atomic E-state index is 0.172. The van der Waals surface area contributed by atoms with Gasteiger partial charge >= 0.3 is 0 Å². The second-order valence-electron chi connectivity index (χ2n) is 10.7. The number of fused-ring (bicyclic) bond motifs is 1. The van der Waals surface area contributed by atoms with Crippen LogP contribution in [0, 0.1) is 46.9 Å². The molecule has 0 N–H and O–H groups in total. The van der Waals surface area contributed by atoms with Crippen LogP contribution in [-0.2, 0) is 6.42 Å². The number of benzene rings is 2. The molecule has 2 aliphatic carbocycles. The molecule has 5 heteroatoms. The standard InChI is InChI=1S/C31H38F4O/c1-3-5-6-8-22-13-14-25(29(33)28(22)32)26-15-16-27(31(35)30(26)34)36-19-21-10-12-23-17-20(7-4-2)9-11-24(23)18-21/h3,5,13-16,20-21,23-24H,4,6-12,17-19H2,1-2H3/b5-3+. The van der Waals surface area contributed by atoms with E-state index < -0.39 is 23.3 Å². The van der Waals surface area contributed by atoms with Gasteiger partial charge in [0.15, 0.2) is 23.2 Å². The van der Waals surface area contributed by atoms with Crippen LogP contribution < -0.4 is 4.74 Å². The van der Waals surface area contributed by atoms with Gasteiger partial charge in [-0.2, -0.15) is 4.39 Å². The van der Waals surface area contributed by atoms with E-state index in [-0.39, 0.29) is 22.4 Å². The molecule has 4 rings (SSSR count). The topological polar surface area (TPSA) is 9.23 Å². The van der Waals surface area contributed by atoms with Gasteiger partial charge in [0.25, 0.3) is 0 Å². The summed E-state index contributed by atoms with van der Waals surface area (Å²) in [7, 11) is 0. The van der Waals surface area contributed by atoms with Gasteiger partial charge in [-0.3, -0.25) is 0 Å². The second kappa shape index (κ2) is 12.3. The highest BCUT2D eigenvalue weighted by Crippen LogP contribution is 2.46. The minimum atomic E-state index is -1.22. The number of rotatable bonds is 9. The van der Waals surface area contributed by atoms with Gasteiger partial charge in [-0.1, -0.05) is 50.5 Å². The van der Waals surface area contributed by atoms with Crippen LogP contribution in [0.3, 0.4) is 0 Å². The van der Waals surface area contributed by atoms with E-state index in [1.165, 1.54) is 62.8 Å². The lowest BCUT2D eigenvalue weighted by atomic mass is 9.64. The van der Waals surface area contributed by atoms with E-state index in [0.29, 0.717) is 31.3 Å². The van der Waals surface area contributed by atoms with E-state index in [0.717, 1.165) is 24.7 Å². The monoisotopic (exact) mass is 502 g/mol. The Labute approximate surface area is 212 Å². The van der Waals surface area contributed by atoms with Crippen molar-refractivity contribution >= 4 is 0 Å². The normalized spacial score (nSPS) is 24.2. The highest BCUT2D eigenvalue weighted by atomic mass is 19.2. The van der Waals surface area contributed by atoms with Gasteiger partial charge < -0.3 is 4.74 Å². The number of ether oxygens (including phenoxy) is 1. The molecule has 196 valence electrons. The molecule has 0 bridgehead atoms. The molecule has 36 heavy (non-hydrogen) atoms. The molecule has 4 unspecified atom stereocenters. The molecule has 0 aliphatic heterocycles. The largest absolute Gasteiger partial charge is 0.490 e. The zero-order valence-electron chi connectivity index (χ0n) is 21.5. The molecule has 2 fully saturated rings. The van der Waals surface area contributed by atoms with Crippen molar-refractivity contribution in [1.29, 1.82) is 0 Å². The summed E-state index contributed by atoms with van der Waals surface area (Å²) in [5, 5.41) is 0. The maximum absolute atomic E-state index is 14.9. The molecular weight excluding hydrogens is 464 g/mol. The quantitative estimate of drug-likeness (QED) is 0.245. The third kappa shape index (κ3) is 5.98. The third-order valence-electron chi connectivity index (χ3n) is 8.32. The SMILES string of the molecule is C/C=C/CCc1ccc(-c2ccc(OCC3CCC4CC(CCC)CCC4C3)c(F)c2F)c(F)c1F. The number of halogens is 4. The summed E-state index contributed by atoms with van der Waals surface area (Å²) >= 11 is 0. The maximum Gasteiger partial charge on any atom is 0.201 e. The summed E-state index contributed by atoms with van der Waals surface area (Å²) in [4.78, 5) is 0. The van der Waals surface area contributed by atoms with Crippen LogP contribution in [0.4, 0.5) is 17.6 Å². The highest BCUT2D eigenvalue weighted by molar-refractivity contribution is 5.66. The lowest BCUT2D eigenvalue weighted by Gasteiger charge is -2.42. The first-order chi connectivity index (χ1) is 17.4. The lowest BCUT2D eigenvalue weighted by molar-refractivity contribution is 0.0739. The van der Waals surface area contributed by atoms with Crippen LogP contribution in [0.25, 0.3) is 11.1 Å². The molecular formula is C31H38F4O. The first kappa shape index (κ1) is 26.8. The van der Waals surface area contributed by atoms with Gasteiger partial charge in [0.05, 0.1) is 6.61 Å². The smallest absolute Gasteiger partial charge is 0.201 e. The van der Waals surface area contributed by atoms with Crippen molar-refractivity contribution in [3.05, 3.63) is 65.2 Å². The van der Waals surface area contributed by atoms with Gasteiger partial charge in [0.1, 0.15) is 0 Å². The molecule has 0 amide bonds. The number of hydrogen-bond donors (Lipinski definition) is 0. The van der Waals surface area contributed by atoms with Crippen LogP contribution in [0.5, 0.6) is 5.75 Å². The van der Waals surface area contributed by atoms with E-state index >= 15 is 0 Å². The van der Waals surface area contributed by atoms with E-state index in [2.05, 4.69) is 6.92 Å². The number of aryl methyl sites for hydroxylation is 1. The zero-order chi connectivity index (χ0) is 25.7. The Hall–Kier alpha value is -2.30. The maximum atomic E-state index is 14.9. The summed E-state index contributed by atoms with van der Waals surface area (Å²) in [5.41, 5.74) is -0.383. The molecule has 4 atom stereocenters.